The summed E-state index contributed by atoms with van der Waals surface area (Å²) in [6, 6.07) is 2.75. The van der Waals surface area contributed by atoms with E-state index in [4.69, 9.17) is 11.6 Å². The summed E-state index contributed by atoms with van der Waals surface area (Å²) in [5.41, 5.74) is 0.282. The summed E-state index contributed by atoms with van der Waals surface area (Å²) in [6.07, 6.45) is -4.34. The number of hydrogen-bond acceptors (Lipinski definition) is 4. The number of rotatable bonds is 5. The highest BCUT2D eigenvalue weighted by molar-refractivity contribution is 6.29. The van der Waals surface area contributed by atoms with Crippen LogP contribution in [0.5, 0.6) is 0 Å². The van der Waals surface area contributed by atoms with Crippen molar-refractivity contribution in [3.63, 3.8) is 0 Å². The van der Waals surface area contributed by atoms with Gasteiger partial charge >= 0.3 is 12.1 Å². The summed E-state index contributed by atoms with van der Waals surface area (Å²) in [5.74, 6) is -5.27. The van der Waals surface area contributed by atoms with Crippen molar-refractivity contribution in [2.45, 2.75) is 19.5 Å². The Labute approximate surface area is 117 Å². The minimum atomic E-state index is -5.10. The average Bonchev–Trinajstić information content (AvgIpc) is 2.36. The SMILES string of the molecule is CCOC(=O)[C@@H](Cc1ccc(Cl)nc1)C(=O)C(F)(F)F. The second-order valence-electron chi connectivity index (χ2n) is 3.86. The number of alkyl halides is 3. The van der Waals surface area contributed by atoms with Crippen molar-refractivity contribution < 1.29 is 27.5 Å². The number of halogens is 4. The number of nitrogens with zero attached hydrogens (tertiary/aromatic N) is 1. The van der Waals surface area contributed by atoms with Crippen molar-refractivity contribution in [3.05, 3.63) is 29.0 Å². The first-order valence-electron chi connectivity index (χ1n) is 5.63. The summed E-state index contributed by atoms with van der Waals surface area (Å²) < 4.78 is 41.9. The van der Waals surface area contributed by atoms with E-state index in [-0.39, 0.29) is 17.3 Å². The van der Waals surface area contributed by atoms with Crippen LogP contribution >= 0.6 is 11.6 Å². The standard InChI is InChI=1S/C12H11ClF3NO3/c1-2-20-11(19)8(10(18)12(14,15)16)5-7-3-4-9(13)17-6-7/h3-4,6,8H,2,5H2,1H3/t8-/m0/s1. The van der Waals surface area contributed by atoms with Gasteiger partial charge in [0.1, 0.15) is 11.1 Å². The molecule has 0 N–H and O–H groups in total. The van der Waals surface area contributed by atoms with E-state index in [1.807, 2.05) is 0 Å². The topological polar surface area (TPSA) is 56.3 Å². The Morgan fingerprint density at radius 2 is 2.05 bits per heavy atom. The fourth-order valence-electron chi connectivity index (χ4n) is 1.49. The second kappa shape index (κ2) is 6.69. The first-order chi connectivity index (χ1) is 9.25. The molecule has 0 aliphatic heterocycles. The average molecular weight is 310 g/mol. The van der Waals surface area contributed by atoms with Crippen molar-refractivity contribution in [2.24, 2.45) is 5.92 Å². The summed E-state index contributed by atoms with van der Waals surface area (Å²) in [5, 5.41) is 0.156. The molecule has 0 saturated carbocycles. The fourth-order valence-corrected chi connectivity index (χ4v) is 1.60. The van der Waals surface area contributed by atoms with Crippen LogP contribution in [0.15, 0.2) is 18.3 Å². The molecule has 1 aromatic rings. The normalized spacial score (nSPS) is 12.8. The van der Waals surface area contributed by atoms with E-state index in [9.17, 15) is 22.8 Å². The van der Waals surface area contributed by atoms with Crippen LogP contribution < -0.4 is 0 Å². The lowest BCUT2D eigenvalue weighted by molar-refractivity contribution is -0.180. The zero-order valence-corrected chi connectivity index (χ0v) is 11.2. The maximum Gasteiger partial charge on any atom is 0.450 e. The van der Waals surface area contributed by atoms with E-state index >= 15 is 0 Å². The molecular weight excluding hydrogens is 299 g/mol. The quantitative estimate of drug-likeness (QED) is 0.476. The number of hydrogen-bond donors (Lipinski definition) is 0. The van der Waals surface area contributed by atoms with E-state index in [0.29, 0.717) is 0 Å². The van der Waals surface area contributed by atoms with Crippen LogP contribution in [0.2, 0.25) is 5.15 Å². The number of ketones is 1. The molecule has 0 radical (unpaired) electrons. The summed E-state index contributed by atoms with van der Waals surface area (Å²) in [7, 11) is 0. The molecule has 110 valence electrons. The van der Waals surface area contributed by atoms with E-state index in [0.717, 1.165) is 0 Å². The molecule has 1 aromatic heterocycles. The van der Waals surface area contributed by atoms with Crippen LogP contribution in [0.3, 0.4) is 0 Å². The maximum atomic E-state index is 12.5. The molecule has 1 atom stereocenters. The molecule has 0 amide bonds. The Kier molecular flexibility index (Phi) is 5.50. The van der Waals surface area contributed by atoms with Gasteiger partial charge in [0.25, 0.3) is 5.78 Å². The lowest BCUT2D eigenvalue weighted by Gasteiger charge is -2.16. The number of carbonyl (C=O) groups is 2. The Balaban J connectivity index is 2.96. The number of aromatic nitrogens is 1. The summed E-state index contributed by atoms with van der Waals surface area (Å²) >= 11 is 5.55. The van der Waals surface area contributed by atoms with Crippen molar-refractivity contribution in [1.29, 1.82) is 0 Å². The highest BCUT2D eigenvalue weighted by Crippen LogP contribution is 2.24. The number of ether oxygens (including phenoxy) is 1. The Morgan fingerprint density at radius 3 is 2.50 bits per heavy atom. The molecular formula is C12H11ClF3NO3. The lowest BCUT2D eigenvalue weighted by atomic mass is 9.96. The van der Waals surface area contributed by atoms with E-state index in [1.165, 1.54) is 25.3 Å². The minimum absolute atomic E-state index is 0.112. The van der Waals surface area contributed by atoms with E-state index in [1.54, 1.807) is 0 Å². The minimum Gasteiger partial charge on any atom is -0.465 e. The van der Waals surface area contributed by atoms with Crippen LogP contribution in [-0.4, -0.2) is 29.5 Å². The molecule has 0 aliphatic carbocycles. The smallest absolute Gasteiger partial charge is 0.450 e. The zero-order chi connectivity index (χ0) is 15.3. The van der Waals surface area contributed by atoms with Crippen LogP contribution in [0.1, 0.15) is 12.5 Å². The van der Waals surface area contributed by atoms with Gasteiger partial charge in [-0.2, -0.15) is 13.2 Å². The first-order valence-corrected chi connectivity index (χ1v) is 6.01. The predicted octanol–water partition coefficient (Wildman–Crippen LogP) is 2.59. The molecule has 0 spiro atoms. The summed E-state index contributed by atoms with van der Waals surface area (Å²) in [4.78, 5) is 26.5. The maximum absolute atomic E-state index is 12.5. The van der Waals surface area contributed by atoms with Crippen LogP contribution in [0, 0.1) is 5.92 Å². The van der Waals surface area contributed by atoms with Gasteiger partial charge in [0.2, 0.25) is 0 Å². The highest BCUT2D eigenvalue weighted by Gasteiger charge is 2.46. The van der Waals surface area contributed by atoms with Gasteiger partial charge in [0.15, 0.2) is 0 Å². The van der Waals surface area contributed by atoms with Gasteiger partial charge in [0.05, 0.1) is 6.61 Å². The van der Waals surface area contributed by atoms with Gasteiger partial charge in [-0.05, 0) is 25.0 Å². The van der Waals surface area contributed by atoms with Gasteiger partial charge in [-0.25, -0.2) is 4.98 Å². The third-order valence-corrected chi connectivity index (χ3v) is 2.62. The molecule has 8 heteroatoms. The Bertz CT molecular complexity index is 488. The fraction of sp³-hybridized carbons (Fsp3) is 0.417. The number of esters is 1. The molecule has 20 heavy (non-hydrogen) atoms. The third kappa shape index (κ3) is 4.48. The molecule has 4 nitrogen and oxygen atoms in total. The zero-order valence-electron chi connectivity index (χ0n) is 10.4. The van der Waals surface area contributed by atoms with Gasteiger partial charge in [-0.3, -0.25) is 9.59 Å². The molecule has 1 rings (SSSR count). The number of pyridine rings is 1. The van der Waals surface area contributed by atoms with Crippen molar-refractivity contribution in [3.8, 4) is 0 Å². The van der Waals surface area contributed by atoms with Crippen molar-refractivity contribution >= 4 is 23.4 Å². The molecule has 0 bridgehead atoms. The summed E-state index contributed by atoms with van der Waals surface area (Å²) in [6.45, 7) is 1.33. The first kappa shape index (κ1) is 16.4. The highest BCUT2D eigenvalue weighted by atomic mass is 35.5. The lowest BCUT2D eigenvalue weighted by Crippen LogP contribution is -2.37. The van der Waals surface area contributed by atoms with Crippen LogP contribution in [0.25, 0.3) is 0 Å². The Morgan fingerprint density at radius 1 is 1.40 bits per heavy atom. The predicted molar refractivity (Wildman–Crippen MR) is 64.1 cm³/mol. The second-order valence-corrected chi connectivity index (χ2v) is 4.25. The van der Waals surface area contributed by atoms with Crippen LogP contribution in [-0.2, 0) is 20.7 Å². The van der Waals surface area contributed by atoms with Gasteiger partial charge in [-0.1, -0.05) is 17.7 Å². The van der Waals surface area contributed by atoms with Crippen LogP contribution in [0.4, 0.5) is 13.2 Å². The van der Waals surface area contributed by atoms with E-state index in [2.05, 4.69) is 9.72 Å². The molecule has 0 unspecified atom stereocenters. The van der Waals surface area contributed by atoms with Crippen molar-refractivity contribution in [1.82, 2.24) is 4.98 Å². The van der Waals surface area contributed by atoms with Crippen molar-refractivity contribution in [2.75, 3.05) is 6.61 Å². The van der Waals surface area contributed by atoms with Gasteiger partial charge < -0.3 is 4.74 Å². The number of Topliss-reactive ketones (excluding diaryl/α,β-unsaturated/α-hetero) is 1. The molecule has 0 saturated heterocycles. The van der Waals surface area contributed by atoms with E-state index < -0.39 is 30.3 Å². The Hall–Kier alpha value is -1.63. The molecule has 0 aromatic carbocycles. The third-order valence-electron chi connectivity index (χ3n) is 2.40. The number of carbonyl (C=O) groups excluding carboxylic acids is 2. The molecule has 0 fully saturated rings. The molecule has 0 aliphatic rings. The van der Waals surface area contributed by atoms with Gasteiger partial charge in [0, 0.05) is 6.20 Å². The van der Waals surface area contributed by atoms with Gasteiger partial charge in [-0.15, -0.1) is 0 Å². The monoisotopic (exact) mass is 309 g/mol. The molecule has 1 heterocycles. The largest absolute Gasteiger partial charge is 0.465 e.